The molecule has 2 unspecified atom stereocenters. The van der Waals surface area contributed by atoms with Gasteiger partial charge < -0.3 is 4.74 Å². The molecule has 3 rings (SSSR count). The van der Waals surface area contributed by atoms with E-state index in [1.54, 1.807) is 0 Å². The average molecular weight is 166 g/mol. The van der Waals surface area contributed by atoms with Crippen LogP contribution in [0.15, 0.2) is 0 Å². The fourth-order valence-corrected chi connectivity index (χ4v) is 3.20. The van der Waals surface area contributed by atoms with Crippen molar-refractivity contribution in [2.45, 2.75) is 44.3 Å². The fourth-order valence-electron chi connectivity index (χ4n) is 3.20. The van der Waals surface area contributed by atoms with E-state index in [0.29, 0.717) is 23.7 Å². The van der Waals surface area contributed by atoms with Crippen molar-refractivity contribution in [1.82, 2.24) is 0 Å². The minimum absolute atomic E-state index is 0.232. The number of fused-ring (bicyclic) bond motifs is 1. The lowest BCUT2D eigenvalue weighted by atomic mass is 10.0. The van der Waals surface area contributed by atoms with E-state index >= 15 is 0 Å². The second-order valence-electron chi connectivity index (χ2n) is 4.70. The predicted molar refractivity (Wildman–Crippen MR) is 43.7 cm³/mol. The molecule has 1 saturated heterocycles. The Morgan fingerprint density at radius 2 is 1.83 bits per heavy atom. The third kappa shape index (κ3) is 0.764. The maximum Gasteiger partial charge on any atom is 0.133 e. The van der Waals surface area contributed by atoms with Crippen LogP contribution in [0, 0.1) is 11.8 Å². The monoisotopic (exact) mass is 166 g/mol. The van der Waals surface area contributed by atoms with Crippen LogP contribution in [0.2, 0.25) is 0 Å². The maximum absolute atomic E-state index is 11.1. The molecule has 0 amide bonds. The summed E-state index contributed by atoms with van der Waals surface area (Å²) in [5, 5.41) is 0. The Balaban J connectivity index is 1.78. The van der Waals surface area contributed by atoms with E-state index in [2.05, 4.69) is 6.92 Å². The molecule has 0 aromatic heterocycles. The number of Topliss-reactive ketones (excluding diaryl/α,β-unsaturated/α-hetero) is 1. The second kappa shape index (κ2) is 1.92. The van der Waals surface area contributed by atoms with E-state index in [1.807, 2.05) is 0 Å². The predicted octanol–water partition coefficient (Wildman–Crippen LogP) is 1.53. The van der Waals surface area contributed by atoms with Crippen molar-refractivity contribution in [2.75, 3.05) is 0 Å². The van der Waals surface area contributed by atoms with Gasteiger partial charge >= 0.3 is 0 Å². The summed E-state index contributed by atoms with van der Waals surface area (Å²) >= 11 is 0. The minimum Gasteiger partial charge on any atom is -0.366 e. The number of epoxide rings is 1. The van der Waals surface area contributed by atoms with Gasteiger partial charge in [-0.25, -0.2) is 0 Å². The van der Waals surface area contributed by atoms with Crippen LogP contribution in [0.4, 0.5) is 0 Å². The summed E-state index contributed by atoms with van der Waals surface area (Å²) in [6.45, 7) is 2.16. The molecule has 1 aliphatic heterocycles. The zero-order chi connectivity index (χ0) is 8.34. The number of carbonyl (C=O) groups excluding carboxylic acids is 1. The smallest absolute Gasteiger partial charge is 0.133 e. The Hall–Kier alpha value is -0.370. The van der Waals surface area contributed by atoms with Gasteiger partial charge in [-0.05, 0) is 31.6 Å². The molecule has 0 bridgehead atoms. The van der Waals surface area contributed by atoms with Crippen molar-refractivity contribution in [2.24, 2.45) is 11.8 Å². The van der Waals surface area contributed by atoms with Gasteiger partial charge in [0, 0.05) is 12.8 Å². The number of ether oxygens (including phenoxy) is 1. The average Bonchev–Trinajstić information content (AvgIpc) is 2.35. The van der Waals surface area contributed by atoms with Gasteiger partial charge in [-0.2, -0.15) is 0 Å². The standard InChI is InChI=1S/C10H14O2/c1-6-10(12-6)4-7-2-9(11)3-8(7)5-10/h6-8H,2-5H2,1H3/t6?,7-,8+,10?. The van der Waals surface area contributed by atoms with E-state index in [-0.39, 0.29) is 5.60 Å². The summed E-state index contributed by atoms with van der Waals surface area (Å²) in [6, 6.07) is 0. The highest BCUT2D eigenvalue weighted by Crippen LogP contribution is 2.58. The summed E-state index contributed by atoms with van der Waals surface area (Å²) in [4.78, 5) is 11.1. The molecule has 2 aliphatic carbocycles. The molecular formula is C10H14O2. The lowest BCUT2D eigenvalue weighted by molar-refractivity contribution is -0.117. The molecule has 2 saturated carbocycles. The molecule has 0 aromatic rings. The molecule has 4 atom stereocenters. The molecule has 0 radical (unpaired) electrons. The van der Waals surface area contributed by atoms with Gasteiger partial charge in [0.15, 0.2) is 0 Å². The number of rotatable bonds is 0. The molecule has 1 heterocycles. The number of ketones is 1. The highest BCUT2D eigenvalue weighted by Gasteiger charge is 2.61. The highest BCUT2D eigenvalue weighted by molar-refractivity contribution is 5.81. The quantitative estimate of drug-likeness (QED) is 0.511. The lowest BCUT2D eigenvalue weighted by Crippen LogP contribution is -2.10. The van der Waals surface area contributed by atoms with Gasteiger partial charge in [-0.1, -0.05) is 0 Å². The van der Waals surface area contributed by atoms with Crippen LogP contribution < -0.4 is 0 Å². The molecule has 0 aromatic carbocycles. The first-order valence-corrected chi connectivity index (χ1v) is 4.89. The number of hydrogen-bond donors (Lipinski definition) is 0. The van der Waals surface area contributed by atoms with Crippen LogP contribution in [-0.4, -0.2) is 17.5 Å². The van der Waals surface area contributed by atoms with Crippen molar-refractivity contribution in [3.05, 3.63) is 0 Å². The summed E-state index contributed by atoms with van der Waals surface area (Å²) in [6.07, 6.45) is 4.46. The van der Waals surface area contributed by atoms with Crippen molar-refractivity contribution < 1.29 is 9.53 Å². The molecule has 1 spiro atoms. The van der Waals surface area contributed by atoms with Gasteiger partial charge in [0.25, 0.3) is 0 Å². The Morgan fingerprint density at radius 3 is 2.25 bits per heavy atom. The molecule has 2 heteroatoms. The van der Waals surface area contributed by atoms with Crippen LogP contribution in [0.3, 0.4) is 0 Å². The zero-order valence-corrected chi connectivity index (χ0v) is 7.38. The van der Waals surface area contributed by atoms with Gasteiger partial charge in [0.1, 0.15) is 5.78 Å². The SMILES string of the molecule is CC1OC12C[C@H]1CC(=O)C[C@H]1C2. The van der Waals surface area contributed by atoms with Crippen LogP contribution in [0.1, 0.15) is 32.6 Å². The first-order valence-electron chi connectivity index (χ1n) is 4.89. The third-order valence-corrected chi connectivity index (χ3v) is 3.96. The lowest BCUT2D eigenvalue weighted by Gasteiger charge is -2.02. The molecule has 3 fully saturated rings. The Bertz CT molecular complexity index is 230. The maximum atomic E-state index is 11.1. The summed E-state index contributed by atoms with van der Waals surface area (Å²) in [5.41, 5.74) is 0.232. The molecule has 0 N–H and O–H groups in total. The highest BCUT2D eigenvalue weighted by atomic mass is 16.6. The van der Waals surface area contributed by atoms with Crippen molar-refractivity contribution in [1.29, 1.82) is 0 Å². The normalized spacial score (nSPS) is 56.4. The first-order chi connectivity index (χ1) is 5.70. The Kier molecular flexibility index (Phi) is 1.13. The second-order valence-corrected chi connectivity index (χ2v) is 4.70. The molecule has 3 aliphatic rings. The molecule has 12 heavy (non-hydrogen) atoms. The van der Waals surface area contributed by atoms with E-state index in [1.165, 1.54) is 0 Å². The Morgan fingerprint density at radius 1 is 1.33 bits per heavy atom. The third-order valence-electron chi connectivity index (χ3n) is 3.96. The van der Waals surface area contributed by atoms with Crippen LogP contribution in [0.5, 0.6) is 0 Å². The van der Waals surface area contributed by atoms with Crippen LogP contribution in [-0.2, 0) is 9.53 Å². The van der Waals surface area contributed by atoms with Gasteiger partial charge in [-0.3, -0.25) is 4.79 Å². The van der Waals surface area contributed by atoms with Crippen molar-refractivity contribution >= 4 is 5.78 Å². The van der Waals surface area contributed by atoms with Gasteiger partial charge in [-0.15, -0.1) is 0 Å². The van der Waals surface area contributed by atoms with E-state index < -0.39 is 0 Å². The zero-order valence-electron chi connectivity index (χ0n) is 7.38. The molecular weight excluding hydrogens is 152 g/mol. The van der Waals surface area contributed by atoms with Gasteiger partial charge in [0.05, 0.1) is 11.7 Å². The number of hydrogen-bond acceptors (Lipinski definition) is 2. The Labute approximate surface area is 72.3 Å². The first kappa shape index (κ1) is 7.07. The van der Waals surface area contributed by atoms with Crippen molar-refractivity contribution in [3.8, 4) is 0 Å². The van der Waals surface area contributed by atoms with Gasteiger partial charge in [0.2, 0.25) is 0 Å². The van der Waals surface area contributed by atoms with E-state index in [0.717, 1.165) is 25.7 Å². The topological polar surface area (TPSA) is 29.6 Å². The van der Waals surface area contributed by atoms with Crippen molar-refractivity contribution in [3.63, 3.8) is 0 Å². The summed E-state index contributed by atoms with van der Waals surface area (Å²) in [7, 11) is 0. The largest absolute Gasteiger partial charge is 0.366 e. The minimum atomic E-state index is 0.232. The summed E-state index contributed by atoms with van der Waals surface area (Å²) in [5.74, 6) is 1.82. The van der Waals surface area contributed by atoms with Crippen LogP contribution >= 0.6 is 0 Å². The summed E-state index contributed by atoms with van der Waals surface area (Å²) < 4.78 is 5.63. The van der Waals surface area contributed by atoms with E-state index in [9.17, 15) is 4.79 Å². The molecule has 2 nitrogen and oxygen atoms in total. The van der Waals surface area contributed by atoms with Crippen LogP contribution in [0.25, 0.3) is 0 Å². The van der Waals surface area contributed by atoms with E-state index in [4.69, 9.17) is 4.74 Å². The molecule has 66 valence electrons. The number of carbonyl (C=O) groups is 1. The fraction of sp³-hybridized carbons (Fsp3) is 0.900.